The Labute approximate surface area is 518 Å². The quantitative estimate of drug-likeness (QED) is 0.00425. The molecule has 0 atom stereocenters. The largest absolute Gasteiger partial charge is 0.492 e. The van der Waals surface area contributed by atoms with E-state index in [9.17, 15) is 71.7 Å². The number of carbonyl (C=O) groups is 2. The number of fused-ring (bicyclic) bond motifs is 6. The summed E-state index contributed by atoms with van der Waals surface area (Å²) >= 11 is 1.23. The molecule has 0 saturated heterocycles. The number of rotatable bonds is 28. The smallest absolute Gasteiger partial charge is 0.333 e. The van der Waals surface area contributed by atoms with Gasteiger partial charge in [-0.1, -0.05) is 42.5 Å². The highest BCUT2D eigenvalue weighted by Gasteiger charge is 2.47. The third-order valence-electron chi connectivity index (χ3n) is 14.8. The molecule has 8 rings (SSSR count). The Hall–Kier alpha value is -6.84. The van der Waals surface area contributed by atoms with Gasteiger partial charge in [0.1, 0.15) is 11.4 Å². The number of hydrogen-bond donors (Lipinski definition) is 9. The highest BCUT2D eigenvalue weighted by molar-refractivity contribution is 7.95. The van der Waals surface area contributed by atoms with Gasteiger partial charge in [0.2, 0.25) is 17.4 Å². The van der Waals surface area contributed by atoms with Crippen LogP contribution in [-0.4, -0.2) is 136 Å². The molecule has 0 bridgehead atoms. The second-order valence-electron chi connectivity index (χ2n) is 21.3. The summed E-state index contributed by atoms with van der Waals surface area (Å²) in [4.78, 5) is 35.3. The van der Waals surface area contributed by atoms with Crippen molar-refractivity contribution < 1.29 is 110 Å². The van der Waals surface area contributed by atoms with Crippen LogP contribution in [0.4, 0.5) is 11.4 Å². The maximum atomic E-state index is 13.5. The average molecular weight is 1350 g/mol. The number of aromatic hydroxyl groups is 2. The van der Waals surface area contributed by atoms with E-state index in [0.717, 1.165) is 36.3 Å². The van der Waals surface area contributed by atoms with E-state index in [-0.39, 0.29) is 65.2 Å². The van der Waals surface area contributed by atoms with Gasteiger partial charge < -0.3 is 25.3 Å². The van der Waals surface area contributed by atoms with Gasteiger partial charge in [-0.25, -0.2) is 15.3 Å². The highest BCUT2D eigenvalue weighted by atomic mass is 32.2. The van der Waals surface area contributed by atoms with Gasteiger partial charge in [0.05, 0.1) is 44.3 Å². The molecule has 1 amide bonds. The first-order valence-electron chi connectivity index (χ1n) is 26.7. The molecule has 0 radical (unpaired) electrons. The number of nitrogens with zero attached hydrogens (tertiary/aromatic N) is 4. The molecule has 0 aliphatic carbocycles. The predicted molar refractivity (Wildman–Crippen MR) is 324 cm³/mol. The van der Waals surface area contributed by atoms with Crippen LogP contribution in [0.15, 0.2) is 129 Å². The lowest BCUT2D eigenvalue weighted by atomic mass is 9.79. The van der Waals surface area contributed by atoms with Crippen molar-refractivity contribution in [3.05, 3.63) is 131 Å². The van der Waals surface area contributed by atoms with Gasteiger partial charge in [0.25, 0.3) is 46.4 Å². The number of amides is 1. The molecule has 2 aromatic heterocycles. The molecule has 0 saturated carbocycles. The number of nitrogens with one attached hydrogen (secondary N) is 1. The van der Waals surface area contributed by atoms with Crippen LogP contribution in [0.25, 0.3) is 27.1 Å². The van der Waals surface area contributed by atoms with E-state index < -0.39 is 95.4 Å². The summed E-state index contributed by atoms with van der Waals surface area (Å²) in [6, 6.07) is 15.8. The van der Waals surface area contributed by atoms with Crippen LogP contribution >= 0.6 is 24.1 Å². The lowest BCUT2D eigenvalue weighted by Gasteiger charge is -2.27. The van der Waals surface area contributed by atoms with Gasteiger partial charge in [-0.15, -0.1) is 13.4 Å². The van der Waals surface area contributed by atoms with E-state index in [0.29, 0.717) is 98.8 Å². The van der Waals surface area contributed by atoms with Gasteiger partial charge in [-0.05, 0) is 116 Å². The lowest BCUT2D eigenvalue weighted by molar-refractivity contribution is -0.437. The average Bonchev–Trinajstić information content (AvgIpc) is 1.63. The fourth-order valence-corrected chi connectivity index (χ4v) is 14.3. The second-order valence-corrected chi connectivity index (χ2v) is 28.6. The van der Waals surface area contributed by atoms with Crippen LogP contribution in [0.1, 0.15) is 93.4 Å². The summed E-state index contributed by atoms with van der Waals surface area (Å²) in [6.07, 6.45) is 9.58. The normalized spacial score (nSPS) is 15.6. The van der Waals surface area contributed by atoms with Crippen molar-refractivity contribution >= 4 is 121 Å². The molecule has 6 aromatic rings. The fourth-order valence-electron chi connectivity index (χ4n) is 10.9. The van der Waals surface area contributed by atoms with Crippen LogP contribution in [0.3, 0.4) is 0 Å². The van der Waals surface area contributed by atoms with Gasteiger partial charge in [-0.3, -0.25) is 28.0 Å². The third-order valence-corrected chi connectivity index (χ3v) is 19.4. The van der Waals surface area contributed by atoms with Crippen molar-refractivity contribution in [1.29, 1.82) is 0 Å². The summed E-state index contributed by atoms with van der Waals surface area (Å²) in [6.45, 7) is 7.53. The van der Waals surface area contributed by atoms with Crippen molar-refractivity contribution in [2.24, 2.45) is 0 Å². The van der Waals surface area contributed by atoms with Crippen molar-refractivity contribution in [3.8, 4) is 11.8 Å². The van der Waals surface area contributed by atoms with Crippen molar-refractivity contribution in [2.75, 3.05) is 36.0 Å². The summed E-state index contributed by atoms with van der Waals surface area (Å²) in [5.74, 6) is -2.53. The first-order valence-corrected chi connectivity index (χ1v) is 34.3. The molecule has 478 valence electrons. The summed E-state index contributed by atoms with van der Waals surface area (Å²) in [7, 11) is -19.5. The number of hydrogen-bond acceptors (Lipinski definition) is 23. The number of anilines is 1. The zero-order valence-corrected chi connectivity index (χ0v) is 52.4. The molecule has 28 nitrogen and oxygen atoms in total. The SMILES string of the molecule is CC1(C)C(C=CC(=CC=C2N(CCCSOOO)c3ccc4c(S(=O)(=O)O)cc(S(=O)(=O)O)cc4c3C2(C)C)c2ccc(C(=O)NCCCCCC(=O)On3c(O)ccc3O)cn2)=[N+](CCCS(=O)(=O)O)c2ccc3c(SOOO)cc(S(=O)(=O)O)cc3c21. The maximum absolute atomic E-state index is 13.5. The Kier molecular flexibility index (Phi) is 20.9. The van der Waals surface area contributed by atoms with Crippen molar-refractivity contribution in [1.82, 2.24) is 15.0 Å². The molecule has 4 aromatic carbocycles. The van der Waals surface area contributed by atoms with Crippen LogP contribution in [-0.2, 0) is 74.8 Å². The summed E-state index contributed by atoms with van der Waals surface area (Å²) < 4.78 is 153. The summed E-state index contributed by atoms with van der Waals surface area (Å²) in [5.41, 5.74) is 1.28. The lowest BCUT2D eigenvalue weighted by Crippen LogP contribution is -2.28. The van der Waals surface area contributed by atoms with Crippen molar-refractivity contribution in [2.45, 2.75) is 96.6 Å². The monoisotopic (exact) mass is 1350 g/mol. The number of aromatic nitrogens is 2. The van der Waals surface area contributed by atoms with Gasteiger partial charge in [0, 0.05) is 112 Å². The Balaban J connectivity index is 1.24. The Morgan fingerprint density at radius 1 is 0.719 bits per heavy atom. The van der Waals surface area contributed by atoms with E-state index in [1.54, 1.807) is 80.8 Å². The summed E-state index contributed by atoms with van der Waals surface area (Å²) in [5, 5.41) is 48.4. The maximum Gasteiger partial charge on any atom is 0.333 e. The van der Waals surface area contributed by atoms with E-state index >= 15 is 0 Å². The number of pyridine rings is 1. The van der Waals surface area contributed by atoms with Gasteiger partial charge in [0.15, 0.2) is 5.71 Å². The Morgan fingerprint density at radius 3 is 2.01 bits per heavy atom. The molecule has 9 N–H and O–H groups in total. The molecule has 89 heavy (non-hydrogen) atoms. The molecule has 2 aliphatic rings. The number of unbranched alkanes of at least 4 members (excludes halogenated alkanes) is 2. The number of allylic oxidation sites excluding steroid dienone is 6. The number of carbonyl (C=O) groups excluding carboxylic acids is 2. The van der Waals surface area contributed by atoms with E-state index in [2.05, 4.69) is 19.7 Å². The first kappa shape index (κ1) is 68.1. The molecular weight excluding hydrogens is 1290 g/mol. The predicted octanol–water partition coefficient (Wildman–Crippen LogP) is 8.15. The molecule has 4 heterocycles. The molecular formula is C55H60N5O23S6+. The fraction of sp³-hybridized carbons (Fsp3) is 0.309. The van der Waals surface area contributed by atoms with Crippen LogP contribution in [0, 0.1) is 0 Å². The first-order chi connectivity index (χ1) is 41.8. The molecule has 0 unspecified atom stereocenters. The molecule has 34 heteroatoms. The standard InChI is InChI=1S/C55H59N5O23S6/c1-54(2)47(59(25-9-27-86(67,68)69)42-17-14-37-39(51(42)54)28-35(87(70,71)72)30-44(37)85-83-81-66)20-13-33(41-16-11-34(32-57-41)53(64)56-23-7-5-6-10-50(63)79-60-48(61)21-22-49(60)62)12-19-46-55(3,4)52-40-29-36(88(73,74)75)31-45(89(76,77)78)38(40)15-18-43(52)58(46)24-8-26-84-82-80-65/h11-22,28-32H,5-10,23-27H2,1-4H3,(H8-,56,61,62,64,65,66,67,68,69,70,71,72,73,74,75,76,77,78)/p+1. The van der Waals surface area contributed by atoms with Crippen LogP contribution < -0.4 is 15.1 Å². The van der Waals surface area contributed by atoms with Crippen LogP contribution in [0.5, 0.6) is 11.8 Å². The molecule has 2 aliphatic heterocycles. The van der Waals surface area contributed by atoms with Gasteiger partial charge >= 0.3 is 5.97 Å². The minimum absolute atomic E-state index is 0.0347. The topological polar surface area (TPSA) is 415 Å². The Bertz CT molecular complexity index is 4340. The van der Waals surface area contributed by atoms with Gasteiger partial charge in [-0.2, -0.15) is 38.2 Å². The van der Waals surface area contributed by atoms with E-state index in [4.69, 9.17) is 24.7 Å². The van der Waals surface area contributed by atoms with E-state index in [1.807, 2.05) is 4.90 Å². The minimum atomic E-state index is -5.10. The van der Waals surface area contributed by atoms with E-state index in [1.165, 1.54) is 24.4 Å². The third kappa shape index (κ3) is 15.5. The zero-order valence-electron chi connectivity index (χ0n) is 47.5. The molecule has 0 spiro atoms. The molecule has 0 fully saturated rings. The van der Waals surface area contributed by atoms with Crippen molar-refractivity contribution in [3.63, 3.8) is 0 Å². The zero-order chi connectivity index (χ0) is 65.0. The highest BCUT2D eigenvalue weighted by Crippen LogP contribution is 2.52. The minimum Gasteiger partial charge on any atom is -0.492 e. The second kappa shape index (κ2) is 27.3. The van der Waals surface area contributed by atoms with Crippen LogP contribution in [0.2, 0.25) is 0 Å². The Morgan fingerprint density at radius 2 is 1.38 bits per heavy atom. The number of benzene rings is 4.